The third-order valence-corrected chi connectivity index (χ3v) is 4.94. The fraction of sp³-hybridized carbons (Fsp3) is 0.474. The van der Waals surface area contributed by atoms with Gasteiger partial charge < -0.3 is 14.2 Å². The standard InChI is InChI=1S/C19H25N3O2/c1-19(16-6-4-3-5-7-16)9-8-18(23)22(14-19)13-17-12-20-15-21(17)10-11-24-2/h3-7,12,15H,8-11,13-14H2,1-2H3/t19-/m1/s1. The molecule has 0 aliphatic carbocycles. The van der Waals surface area contributed by atoms with Crippen LogP contribution < -0.4 is 0 Å². The molecule has 2 heterocycles. The maximum atomic E-state index is 12.4. The largest absolute Gasteiger partial charge is 0.383 e. The van der Waals surface area contributed by atoms with Gasteiger partial charge in [0.15, 0.2) is 0 Å². The summed E-state index contributed by atoms with van der Waals surface area (Å²) in [4.78, 5) is 18.6. The van der Waals surface area contributed by atoms with E-state index in [1.807, 2.05) is 17.2 Å². The molecule has 0 radical (unpaired) electrons. The van der Waals surface area contributed by atoms with Gasteiger partial charge in [-0.05, 0) is 12.0 Å². The van der Waals surface area contributed by atoms with Gasteiger partial charge in [0, 0.05) is 38.2 Å². The molecule has 2 aromatic rings. The van der Waals surface area contributed by atoms with Gasteiger partial charge in [-0.2, -0.15) is 0 Å². The molecule has 1 aromatic heterocycles. The maximum Gasteiger partial charge on any atom is 0.222 e. The first-order valence-corrected chi connectivity index (χ1v) is 8.44. The first-order valence-electron chi connectivity index (χ1n) is 8.44. The molecule has 1 fully saturated rings. The highest BCUT2D eigenvalue weighted by Gasteiger charge is 2.36. The van der Waals surface area contributed by atoms with Crippen LogP contribution >= 0.6 is 0 Å². The van der Waals surface area contributed by atoms with Crippen molar-refractivity contribution in [3.8, 4) is 0 Å². The molecular weight excluding hydrogens is 302 g/mol. The highest BCUT2D eigenvalue weighted by atomic mass is 16.5. The number of amides is 1. The number of methoxy groups -OCH3 is 1. The molecule has 0 saturated carbocycles. The fourth-order valence-corrected chi connectivity index (χ4v) is 3.42. The monoisotopic (exact) mass is 327 g/mol. The third-order valence-electron chi connectivity index (χ3n) is 4.94. The Kier molecular flexibility index (Phi) is 5.00. The van der Waals surface area contributed by atoms with Crippen molar-refractivity contribution in [3.05, 3.63) is 54.1 Å². The second-order valence-corrected chi connectivity index (χ2v) is 6.75. The van der Waals surface area contributed by atoms with Crippen LogP contribution in [0.25, 0.3) is 0 Å². The van der Waals surface area contributed by atoms with Gasteiger partial charge in [-0.25, -0.2) is 4.98 Å². The number of imidazole rings is 1. The molecule has 5 heteroatoms. The third kappa shape index (κ3) is 3.51. The smallest absolute Gasteiger partial charge is 0.222 e. The van der Waals surface area contributed by atoms with Crippen LogP contribution in [0.4, 0.5) is 0 Å². The average molecular weight is 327 g/mol. The van der Waals surface area contributed by atoms with E-state index in [2.05, 4.69) is 40.7 Å². The number of carbonyl (C=O) groups is 1. The van der Waals surface area contributed by atoms with Gasteiger partial charge in [0.05, 0.1) is 25.2 Å². The van der Waals surface area contributed by atoms with Gasteiger partial charge in [0.1, 0.15) is 0 Å². The first-order chi connectivity index (χ1) is 11.6. The topological polar surface area (TPSA) is 47.4 Å². The fourth-order valence-electron chi connectivity index (χ4n) is 3.42. The van der Waals surface area contributed by atoms with E-state index in [1.165, 1.54) is 5.56 Å². The minimum Gasteiger partial charge on any atom is -0.383 e. The molecule has 1 aliphatic heterocycles. The van der Waals surface area contributed by atoms with Crippen LogP contribution in [-0.4, -0.2) is 40.6 Å². The Bertz CT molecular complexity index is 683. The Hall–Kier alpha value is -2.14. The molecule has 1 aromatic carbocycles. The van der Waals surface area contributed by atoms with E-state index in [0.29, 0.717) is 19.6 Å². The Morgan fingerprint density at radius 1 is 1.29 bits per heavy atom. The second-order valence-electron chi connectivity index (χ2n) is 6.75. The molecule has 0 bridgehead atoms. The van der Waals surface area contributed by atoms with E-state index in [9.17, 15) is 4.79 Å². The number of likely N-dealkylation sites (tertiary alicyclic amines) is 1. The molecule has 0 spiro atoms. The minimum atomic E-state index is 0.00650. The molecule has 1 saturated heterocycles. The van der Waals surface area contributed by atoms with Gasteiger partial charge in [-0.3, -0.25) is 4.79 Å². The zero-order valence-electron chi connectivity index (χ0n) is 14.4. The summed E-state index contributed by atoms with van der Waals surface area (Å²) in [5.41, 5.74) is 2.36. The van der Waals surface area contributed by atoms with Crippen LogP contribution in [0.3, 0.4) is 0 Å². The van der Waals surface area contributed by atoms with Crippen molar-refractivity contribution in [2.75, 3.05) is 20.3 Å². The maximum absolute atomic E-state index is 12.4. The van der Waals surface area contributed by atoms with Crippen molar-refractivity contribution in [2.24, 2.45) is 0 Å². The SMILES string of the molecule is COCCn1cncc1CN1C[C@](C)(c2ccccc2)CCC1=O. The summed E-state index contributed by atoms with van der Waals surface area (Å²) in [7, 11) is 1.69. The van der Waals surface area contributed by atoms with E-state index in [4.69, 9.17) is 4.74 Å². The van der Waals surface area contributed by atoms with E-state index < -0.39 is 0 Å². The van der Waals surface area contributed by atoms with Crippen molar-refractivity contribution >= 4 is 5.91 Å². The van der Waals surface area contributed by atoms with Gasteiger partial charge in [0.25, 0.3) is 0 Å². The van der Waals surface area contributed by atoms with Gasteiger partial charge >= 0.3 is 0 Å². The molecule has 0 N–H and O–H groups in total. The zero-order valence-corrected chi connectivity index (χ0v) is 14.4. The zero-order chi connectivity index (χ0) is 17.0. The lowest BCUT2D eigenvalue weighted by atomic mass is 9.75. The number of rotatable bonds is 6. The average Bonchev–Trinajstić information content (AvgIpc) is 3.04. The lowest BCUT2D eigenvalue weighted by Gasteiger charge is -2.40. The molecule has 0 unspecified atom stereocenters. The Balaban J connectivity index is 1.75. The lowest BCUT2D eigenvalue weighted by Crippen LogP contribution is -2.47. The predicted octanol–water partition coefficient (Wildman–Crippen LogP) is 2.61. The highest BCUT2D eigenvalue weighted by molar-refractivity contribution is 5.77. The highest BCUT2D eigenvalue weighted by Crippen LogP contribution is 2.34. The Labute approximate surface area is 143 Å². The number of hydrogen-bond donors (Lipinski definition) is 0. The van der Waals surface area contributed by atoms with Crippen molar-refractivity contribution in [3.63, 3.8) is 0 Å². The van der Waals surface area contributed by atoms with E-state index in [1.54, 1.807) is 13.4 Å². The van der Waals surface area contributed by atoms with Crippen LogP contribution in [0, 0.1) is 0 Å². The minimum absolute atomic E-state index is 0.00650. The Morgan fingerprint density at radius 3 is 2.83 bits per heavy atom. The first kappa shape index (κ1) is 16.7. The number of ether oxygens (including phenoxy) is 1. The number of carbonyl (C=O) groups excluding carboxylic acids is 1. The van der Waals surface area contributed by atoms with Gasteiger partial charge in [0.2, 0.25) is 5.91 Å². The summed E-state index contributed by atoms with van der Waals surface area (Å²) in [6, 6.07) is 10.5. The summed E-state index contributed by atoms with van der Waals surface area (Å²) in [5.74, 6) is 0.225. The van der Waals surface area contributed by atoms with Crippen LogP contribution in [0.15, 0.2) is 42.9 Å². The van der Waals surface area contributed by atoms with Crippen LogP contribution in [-0.2, 0) is 28.0 Å². The molecule has 1 aliphatic rings. The molecule has 5 nitrogen and oxygen atoms in total. The predicted molar refractivity (Wildman–Crippen MR) is 92.5 cm³/mol. The molecule has 3 rings (SSSR count). The number of nitrogens with zero attached hydrogens (tertiary/aromatic N) is 3. The summed E-state index contributed by atoms with van der Waals surface area (Å²) < 4.78 is 7.20. The molecule has 24 heavy (non-hydrogen) atoms. The summed E-state index contributed by atoms with van der Waals surface area (Å²) in [6.45, 7) is 4.99. The second kappa shape index (κ2) is 7.18. The number of hydrogen-bond acceptors (Lipinski definition) is 3. The van der Waals surface area contributed by atoms with E-state index >= 15 is 0 Å². The normalized spacial score (nSPS) is 21.2. The van der Waals surface area contributed by atoms with Gasteiger partial charge in [-0.1, -0.05) is 37.3 Å². The van der Waals surface area contributed by atoms with Crippen LogP contribution in [0.2, 0.25) is 0 Å². The van der Waals surface area contributed by atoms with E-state index in [0.717, 1.165) is 25.2 Å². The van der Waals surface area contributed by atoms with Crippen LogP contribution in [0.1, 0.15) is 31.0 Å². The summed E-state index contributed by atoms with van der Waals surface area (Å²) >= 11 is 0. The van der Waals surface area contributed by atoms with Crippen molar-refractivity contribution in [1.82, 2.24) is 14.5 Å². The molecule has 1 atom stereocenters. The molecule has 128 valence electrons. The Morgan fingerprint density at radius 2 is 2.08 bits per heavy atom. The van der Waals surface area contributed by atoms with Crippen molar-refractivity contribution in [1.29, 1.82) is 0 Å². The summed E-state index contributed by atoms with van der Waals surface area (Å²) in [5, 5.41) is 0. The summed E-state index contributed by atoms with van der Waals surface area (Å²) in [6.07, 6.45) is 5.14. The quantitative estimate of drug-likeness (QED) is 0.819. The number of benzene rings is 1. The molecule has 1 amide bonds. The van der Waals surface area contributed by atoms with Crippen molar-refractivity contribution < 1.29 is 9.53 Å². The lowest BCUT2D eigenvalue weighted by molar-refractivity contribution is -0.136. The van der Waals surface area contributed by atoms with Gasteiger partial charge in [-0.15, -0.1) is 0 Å². The number of aromatic nitrogens is 2. The van der Waals surface area contributed by atoms with E-state index in [-0.39, 0.29) is 11.3 Å². The number of piperidine rings is 1. The van der Waals surface area contributed by atoms with Crippen molar-refractivity contribution in [2.45, 2.75) is 38.3 Å². The molecular formula is C19H25N3O2. The van der Waals surface area contributed by atoms with Crippen LogP contribution in [0.5, 0.6) is 0 Å².